The first-order chi connectivity index (χ1) is 17.2. The average Bonchev–Trinajstić information content (AvgIpc) is 3.19. The van der Waals surface area contributed by atoms with Gasteiger partial charge in [0, 0.05) is 24.7 Å². The molecule has 0 bridgehead atoms. The maximum Gasteiger partial charge on any atom is 0.330 e. The predicted molar refractivity (Wildman–Crippen MR) is 129 cm³/mol. The van der Waals surface area contributed by atoms with Gasteiger partial charge in [0.2, 0.25) is 0 Å². The Morgan fingerprint density at radius 1 is 1.19 bits per heavy atom. The lowest BCUT2D eigenvalue weighted by Gasteiger charge is -2.42. The molecule has 1 fully saturated rings. The highest BCUT2D eigenvalue weighted by Crippen LogP contribution is 2.47. The molecule has 4 N–H and O–H groups in total. The molecule has 1 aliphatic carbocycles. The number of hydrogen-bond acceptors (Lipinski definition) is 6. The van der Waals surface area contributed by atoms with E-state index in [4.69, 9.17) is 5.73 Å². The van der Waals surface area contributed by atoms with Crippen molar-refractivity contribution < 1.29 is 28.2 Å². The van der Waals surface area contributed by atoms with E-state index < -0.39 is 46.8 Å². The van der Waals surface area contributed by atoms with Crippen LogP contribution >= 0.6 is 0 Å². The molecule has 7 nitrogen and oxygen atoms in total. The van der Waals surface area contributed by atoms with Crippen molar-refractivity contribution in [3.8, 4) is 0 Å². The largest absolute Gasteiger partial charge is 0.479 e. The van der Waals surface area contributed by atoms with E-state index >= 15 is 4.39 Å². The summed E-state index contributed by atoms with van der Waals surface area (Å²) in [5.74, 6) is -4.15. The van der Waals surface area contributed by atoms with Crippen LogP contribution in [0.3, 0.4) is 0 Å². The number of aromatic nitrogens is 1. The van der Waals surface area contributed by atoms with Crippen LogP contribution in [0.2, 0.25) is 0 Å². The Bertz CT molecular complexity index is 1250. The Hall–Kier alpha value is -3.37. The van der Waals surface area contributed by atoms with E-state index in [2.05, 4.69) is 4.98 Å². The lowest BCUT2D eigenvalue weighted by Crippen LogP contribution is -2.48. The first kappa shape index (κ1) is 24.3. The third kappa shape index (κ3) is 4.04. The number of rotatable bonds is 4. The number of halogens is 3. The van der Waals surface area contributed by atoms with Crippen molar-refractivity contribution in [1.29, 1.82) is 0 Å². The van der Waals surface area contributed by atoms with Crippen LogP contribution in [0.15, 0.2) is 42.4 Å². The van der Waals surface area contributed by atoms with Gasteiger partial charge in [-0.2, -0.15) is 0 Å². The van der Waals surface area contributed by atoms with E-state index in [1.54, 1.807) is 0 Å². The number of aliphatic carboxylic acids is 1. The van der Waals surface area contributed by atoms with Crippen molar-refractivity contribution in [2.75, 3.05) is 22.9 Å². The number of aliphatic hydroxyl groups is 1. The fourth-order valence-corrected chi connectivity index (χ4v) is 5.63. The molecule has 5 rings (SSSR count). The number of nitrogens with two attached hydrogens (primary N) is 1. The number of pyridine rings is 1. The Labute approximate surface area is 206 Å². The van der Waals surface area contributed by atoms with Gasteiger partial charge in [0.05, 0.1) is 40.6 Å². The second kappa shape index (κ2) is 9.25. The predicted octanol–water partition coefficient (Wildman–Crippen LogP) is 3.68. The minimum absolute atomic E-state index is 0.163. The highest BCUT2D eigenvalue weighted by molar-refractivity contribution is 5.97. The van der Waals surface area contributed by atoms with Crippen LogP contribution in [0, 0.1) is 17.6 Å². The average molecular weight is 501 g/mol. The molecule has 1 saturated heterocycles. The standard InChI is InChI=1S/C26H27F3N4O3/c1-13-9-14(30)12-32(11-13)24-15-5-8-21(34)23(15)31-10-20(24)33-19(26(35)36)7-6-18(29)25(33)22-16(27)3-2-4-17(22)28/h2-4,6-7,10,13-14,19,21,34H,5,8-9,11-12,30H2,1H3,(H,35,36)/t13-,14+,19?,21?/m1/s1. The van der Waals surface area contributed by atoms with Gasteiger partial charge in [0.25, 0.3) is 0 Å². The molecule has 1 aromatic heterocycles. The first-order valence-corrected chi connectivity index (χ1v) is 11.9. The second-order valence-electron chi connectivity index (χ2n) is 9.72. The Morgan fingerprint density at radius 3 is 2.58 bits per heavy atom. The summed E-state index contributed by atoms with van der Waals surface area (Å²) in [6.07, 6.45) is 4.30. The van der Waals surface area contributed by atoms with E-state index in [0.29, 0.717) is 42.9 Å². The molecule has 2 unspecified atom stereocenters. The fraction of sp³-hybridized carbons (Fsp3) is 0.385. The molecule has 0 spiro atoms. The van der Waals surface area contributed by atoms with Gasteiger partial charge in [-0.15, -0.1) is 0 Å². The van der Waals surface area contributed by atoms with Gasteiger partial charge in [0.15, 0.2) is 6.04 Å². The number of aliphatic hydroxyl groups excluding tert-OH is 1. The summed E-state index contributed by atoms with van der Waals surface area (Å²) < 4.78 is 45.3. The molecule has 1 aromatic carbocycles. The normalized spacial score (nSPS) is 25.9. The quantitative estimate of drug-likeness (QED) is 0.589. The van der Waals surface area contributed by atoms with E-state index in [1.165, 1.54) is 6.20 Å². The topological polar surface area (TPSA) is 103 Å². The minimum Gasteiger partial charge on any atom is -0.479 e. The van der Waals surface area contributed by atoms with E-state index in [0.717, 1.165) is 41.7 Å². The Balaban J connectivity index is 1.78. The summed E-state index contributed by atoms with van der Waals surface area (Å²) in [4.78, 5) is 19.8. The number of carboxylic acid groups (broad SMARTS) is 1. The zero-order chi connectivity index (χ0) is 25.7. The van der Waals surface area contributed by atoms with Gasteiger partial charge in [-0.3, -0.25) is 4.98 Å². The monoisotopic (exact) mass is 500 g/mol. The van der Waals surface area contributed by atoms with Crippen LogP contribution in [0.5, 0.6) is 0 Å². The summed E-state index contributed by atoms with van der Waals surface area (Å²) in [5, 5.41) is 20.6. The zero-order valence-corrected chi connectivity index (χ0v) is 19.7. The number of fused-ring (bicyclic) bond motifs is 1. The highest BCUT2D eigenvalue weighted by atomic mass is 19.1. The van der Waals surface area contributed by atoms with Crippen molar-refractivity contribution in [2.45, 2.75) is 44.4 Å². The molecule has 36 heavy (non-hydrogen) atoms. The van der Waals surface area contributed by atoms with Gasteiger partial charge in [-0.1, -0.05) is 13.0 Å². The first-order valence-electron chi connectivity index (χ1n) is 11.9. The van der Waals surface area contributed by atoms with Gasteiger partial charge < -0.3 is 25.7 Å². The highest BCUT2D eigenvalue weighted by Gasteiger charge is 2.40. The Kier molecular flexibility index (Phi) is 6.25. The number of carboxylic acids is 1. The van der Waals surface area contributed by atoms with Crippen molar-refractivity contribution in [1.82, 2.24) is 4.98 Å². The molecule has 0 amide bonds. The molecule has 190 valence electrons. The number of allylic oxidation sites excluding steroid dienone is 2. The summed E-state index contributed by atoms with van der Waals surface area (Å²) >= 11 is 0. The van der Waals surface area contributed by atoms with Crippen LogP contribution in [0.25, 0.3) is 5.70 Å². The van der Waals surface area contributed by atoms with E-state index in [-0.39, 0.29) is 17.6 Å². The summed E-state index contributed by atoms with van der Waals surface area (Å²) in [5.41, 5.74) is 7.03. The molecule has 2 aliphatic heterocycles. The SMILES string of the molecule is C[C@@H]1C[C@H](N)CN(c2c(N3C(c4c(F)cccc4F)=C(F)C=CC3C(=O)O)cnc3c2CCC3O)C1. The number of hydrogen-bond donors (Lipinski definition) is 3. The van der Waals surface area contributed by atoms with Gasteiger partial charge in [-0.25, -0.2) is 18.0 Å². The van der Waals surface area contributed by atoms with Crippen LogP contribution in [0.4, 0.5) is 24.5 Å². The molecular weight excluding hydrogens is 473 g/mol. The number of nitrogens with zero attached hydrogens (tertiary/aromatic N) is 3. The van der Waals surface area contributed by atoms with Crippen LogP contribution in [-0.2, 0) is 11.2 Å². The van der Waals surface area contributed by atoms with Gasteiger partial charge >= 0.3 is 5.97 Å². The molecule has 3 heterocycles. The second-order valence-corrected chi connectivity index (χ2v) is 9.72. The summed E-state index contributed by atoms with van der Waals surface area (Å²) in [6, 6.07) is 1.52. The van der Waals surface area contributed by atoms with Gasteiger partial charge in [-0.05, 0) is 49.5 Å². The number of carbonyl (C=O) groups is 1. The third-order valence-electron chi connectivity index (χ3n) is 7.04. The van der Waals surface area contributed by atoms with E-state index in [1.807, 2.05) is 11.8 Å². The maximum absolute atomic E-state index is 15.4. The van der Waals surface area contributed by atoms with Crippen molar-refractivity contribution in [3.63, 3.8) is 0 Å². The Morgan fingerprint density at radius 2 is 1.92 bits per heavy atom. The molecule has 2 aromatic rings. The summed E-state index contributed by atoms with van der Waals surface area (Å²) in [6.45, 7) is 3.08. The van der Waals surface area contributed by atoms with Crippen molar-refractivity contribution in [3.05, 3.63) is 70.8 Å². The molecule has 0 saturated carbocycles. The van der Waals surface area contributed by atoms with Crippen LogP contribution in [-0.4, -0.2) is 46.3 Å². The van der Waals surface area contributed by atoms with Gasteiger partial charge in [0.1, 0.15) is 17.5 Å². The molecule has 4 atom stereocenters. The molecule has 0 radical (unpaired) electrons. The number of benzene rings is 1. The molecule has 10 heteroatoms. The maximum atomic E-state index is 15.4. The molecular formula is C26H27F3N4O3. The minimum atomic E-state index is -1.46. The number of piperidine rings is 1. The lowest BCUT2D eigenvalue weighted by molar-refractivity contribution is -0.137. The zero-order valence-electron chi connectivity index (χ0n) is 19.7. The smallest absolute Gasteiger partial charge is 0.330 e. The van der Waals surface area contributed by atoms with Crippen molar-refractivity contribution in [2.24, 2.45) is 11.7 Å². The van der Waals surface area contributed by atoms with Crippen LogP contribution < -0.4 is 15.5 Å². The van der Waals surface area contributed by atoms with Crippen LogP contribution in [0.1, 0.15) is 42.7 Å². The third-order valence-corrected chi connectivity index (χ3v) is 7.04. The lowest BCUT2D eigenvalue weighted by atomic mass is 9.94. The summed E-state index contributed by atoms with van der Waals surface area (Å²) in [7, 11) is 0. The van der Waals surface area contributed by atoms with Crippen molar-refractivity contribution >= 4 is 23.0 Å². The van der Waals surface area contributed by atoms with E-state index in [9.17, 15) is 23.8 Å². The fourth-order valence-electron chi connectivity index (χ4n) is 5.63. The molecule has 3 aliphatic rings. The number of anilines is 2.